The second-order valence-electron chi connectivity index (χ2n) is 9.30. The van der Waals surface area contributed by atoms with Crippen molar-refractivity contribution in [3.05, 3.63) is 58.9 Å². The van der Waals surface area contributed by atoms with Crippen LogP contribution in [0.25, 0.3) is 0 Å². The minimum Gasteiger partial charge on any atom is -0.343 e. The SMILES string of the molecule is CC(=O)N1CCC(Cc2ccccc2F)(C(=O)N2CC[C@H](c3nc(C)cc(C)n3)C2)CC1. The molecule has 4 rings (SSSR count). The molecule has 0 aliphatic carbocycles. The summed E-state index contributed by atoms with van der Waals surface area (Å²) in [5, 5.41) is 0. The Morgan fingerprint density at radius 3 is 2.34 bits per heavy atom. The van der Waals surface area contributed by atoms with Gasteiger partial charge in [-0.25, -0.2) is 14.4 Å². The number of carbonyl (C=O) groups excluding carboxylic acids is 2. The Kier molecular flexibility index (Phi) is 6.26. The third-order valence-corrected chi connectivity index (χ3v) is 6.95. The highest BCUT2D eigenvalue weighted by Gasteiger charge is 2.46. The number of amides is 2. The molecule has 0 saturated carbocycles. The molecule has 32 heavy (non-hydrogen) atoms. The molecule has 1 aromatic carbocycles. The van der Waals surface area contributed by atoms with E-state index in [0.717, 1.165) is 23.6 Å². The molecule has 0 bridgehead atoms. The van der Waals surface area contributed by atoms with E-state index in [4.69, 9.17) is 0 Å². The monoisotopic (exact) mass is 438 g/mol. The summed E-state index contributed by atoms with van der Waals surface area (Å²) < 4.78 is 14.5. The average Bonchev–Trinajstić information content (AvgIpc) is 3.25. The van der Waals surface area contributed by atoms with Gasteiger partial charge in [0.25, 0.3) is 0 Å². The van der Waals surface area contributed by atoms with Crippen molar-refractivity contribution in [3.8, 4) is 0 Å². The predicted molar refractivity (Wildman–Crippen MR) is 119 cm³/mol. The van der Waals surface area contributed by atoms with Crippen molar-refractivity contribution < 1.29 is 14.0 Å². The second-order valence-corrected chi connectivity index (χ2v) is 9.30. The van der Waals surface area contributed by atoms with Gasteiger partial charge in [-0.3, -0.25) is 9.59 Å². The van der Waals surface area contributed by atoms with Crippen LogP contribution in [0.4, 0.5) is 4.39 Å². The van der Waals surface area contributed by atoms with E-state index >= 15 is 0 Å². The molecule has 2 fully saturated rings. The topological polar surface area (TPSA) is 66.4 Å². The first-order chi connectivity index (χ1) is 15.3. The summed E-state index contributed by atoms with van der Waals surface area (Å²) in [7, 11) is 0. The lowest BCUT2D eigenvalue weighted by Gasteiger charge is -2.42. The maximum Gasteiger partial charge on any atom is 0.229 e. The highest BCUT2D eigenvalue weighted by Crippen LogP contribution is 2.40. The van der Waals surface area contributed by atoms with Gasteiger partial charge < -0.3 is 9.80 Å². The highest BCUT2D eigenvalue weighted by molar-refractivity contribution is 5.84. The number of piperidine rings is 1. The van der Waals surface area contributed by atoms with Crippen LogP contribution in [-0.2, 0) is 16.0 Å². The third-order valence-electron chi connectivity index (χ3n) is 6.95. The fourth-order valence-electron chi connectivity index (χ4n) is 5.15. The van der Waals surface area contributed by atoms with Gasteiger partial charge in [-0.15, -0.1) is 0 Å². The van der Waals surface area contributed by atoms with E-state index in [1.165, 1.54) is 6.07 Å². The number of benzene rings is 1. The van der Waals surface area contributed by atoms with Crippen LogP contribution in [0.2, 0.25) is 0 Å². The van der Waals surface area contributed by atoms with E-state index in [2.05, 4.69) is 9.97 Å². The molecule has 2 amide bonds. The highest BCUT2D eigenvalue weighted by atomic mass is 19.1. The summed E-state index contributed by atoms with van der Waals surface area (Å²) in [5.41, 5.74) is 1.73. The summed E-state index contributed by atoms with van der Waals surface area (Å²) >= 11 is 0. The zero-order valence-electron chi connectivity index (χ0n) is 19.1. The van der Waals surface area contributed by atoms with Crippen molar-refractivity contribution in [2.24, 2.45) is 5.41 Å². The Morgan fingerprint density at radius 2 is 1.72 bits per heavy atom. The van der Waals surface area contributed by atoms with Crippen LogP contribution in [0.5, 0.6) is 0 Å². The van der Waals surface area contributed by atoms with Gasteiger partial charge in [0, 0.05) is 50.4 Å². The number of aryl methyl sites for hydroxylation is 2. The minimum absolute atomic E-state index is 0.0187. The summed E-state index contributed by atoms with van der Waals surface area (Å²) in [6, 6.07) is 8.64. The normalized spacial score (nSPS) is 20.4. The van der Waals surface area contributed by atoms with Crippen molar-refractivity contribution in [2.45, 2.75) is 52.4 Å². The van der Waals surface area contributed by atoms with Gasteiger partial charge >= 0.3 is 0 Å². The number of hydrogen-bond donors (Lipinski definition) is 0. The average molecular weight is 439 g/mol. The molecule has 2 aromatic rings. The van der Waals surface area contributed by atoms with E-state index in [9.17, 15) is 14.0 Å². The number of likely N-dealkylation sites (tertiary alicyclic amines) is 2. The van der Waals surface area contributed by atoms with Gasteiger partial charge in [-0.05, 0) is 57.2 Å². The van der Waals surface area contributed by atoms with Crippen LogP contribution in [0.3, 0.4) is 0 Å². The first-order valence-electron chi connectivity index (χ1n) is 11.4. The molecule has 7 heteroatoms. The van der Waals surface area contributed by atoms with Crippen molar-refractivity contribution in [3.63, 3.8) is 0 Å². The van der Waals surface area contributed by atoms with Gasteiger partial charge in [0.2, 0.25) is 11.8 Å². The molecular formula is C25H31FN4O2. The van der Waals surface area contributed by atoms with Crippen molar-refractivity contribution in [1.82, 2.24) is 19.8 Å². The largest absolute Gasteiger partial charge is 0.343 e. The molecule has 2 saturated heterocycles. The quantitative estimate of drug-likeness (QED) is 0.734. The molecule has 2 aliphatic heterocycles. The molecule has 0 spiro atoms. The first kappa shape index (κ1) is 22.4. The van der Waals surface area contributed by atoms with E-state index in [0.29, 0.717) is 51.0 Å². The summed E-state index contributed by atoms with van der Waals surface area (Å²) in [5.74, 6) is 0.713. The van der Waals surface area contributed by atoms with Gasteiger partial charge in [0.05, 0.1) is 5.41 Å². The van der Waals surface area contributed by atoms with Crippen molar-refractivity contribution in [1.29, 1.82) is 0 Å². The van der Waals surface area contributed by atoms with Gasteiger partial charge in [-0.2, -0.15) is 0 Å². The fourth-order valence-corrected chi connectivity index (χ4v) is 5.15. The van der Waals surface area contributed by atoms with Crippen LogP contribution in [-0.4, -0.2) is 57.8 Å². The number of rotatable bonds is 4. The number of hydrogen-bond acceptors (Lipinski definition) is 4. The molecule has 1 atom stereocenters. The van der Waals surface area contributed by atoms with Crippen LogP contribution in [0, 0.1) is 25.1 Å². The van der Waals surface area contributed by atoms with Gasteiger partial charge in [0.15, 0.2) is 0 Å². The molecule has 0 unspecified atom stereocenters. The third kappa shape index (κ3) is 4.52. The molecular weight excluding hydrogens is 407 g/mol. The number of aromatic nitrogens is 2. The fraction of sp³-hybridized carbons (Fsp3) is 0.520. The molecule has 1 aromatic heterocycles. The standard InChI is InChI=1S/C25H31FN4O2/c1-17-14-18(2)28-23(27-17)21-8-11-30(16-21)24(32)25(9-12-29(13-10-25)19(3)31)15-20-6-4-5-7-22(20)26/h4-7,14,21H,8-13,15-16H2,1-3H3/t21-/m0/s1. The molecule has 0 N–H and O–H groups in total. The Bertz CT molecular complexity index is 997. The Balaban J connectivity index is 1.56. The van der Waals surface area contributed by atoms with Gasteiger partial charge in [-0.1, -0.05) is 18.2 Å². The molecule has 2 aliphatic rings. The second kappa shape index (κ2) is 8.96. The lowest BCUT2D eigenvalue weighted by Crippen LogP contribution is -2.51. The van der Waals surface area contributed by atoms with E-state index in [1.54, 1.807) is 24.0 Å². The zero-order valence-corrected chi connectivity index (χ0v) is 19.1. The maximum atomic E-state index is 14.5. The summed E-state index contributed by atoms with van der Waals surface area (Å²) in [6.45, 7) is 7.75. The Hall–Kier alpha value is -2.83. The van der Waals surface area contributed by atoms with E-state index < -0.39 is 5.41 Å². The van der Waals surface area contributed by atoms with E-state index in [-0.39, 0.29) is 23.5 Å². The summed E-state index contributed by atoms with van der Waals surface area (Å²) in [6.07, 6.45) is 2.26. The molecule has 170 valence electrons. The van der Waals surface area contributed by atoms with Crippen LogP contribution in [0.1, 0.15) is 54.9 Å². The summed E-state index contributed by atoms with van der Waals surface area (Å²) in [4.78, 5) is 38.6. The number of halogens is 1. The van der Waals surface area contributed by atoms with E-state index in [1.807, 2.05) is 30.9 Å². The Morgan fingerprint density at radius 1 is 1.06 bits per heavy atom. The number of carbonyl (C=O) groups is 2. The Labute approximate surface area is 188 Å². The smallest absolute Gasteiger partial charge is 0.229 e. The van der Waals surface area contributed by atoms with Crippen LogP contribution >= 0.6 is 0 Å². The van der Waals surface area contributed by atoms with Gasteiger partial charge in [0.1, 0.15) is 11.6 Å². The zero-order chi connectivity index (χ0) is 22.9. The molecule has 0 radical (unpaired) electrons. The molecule has 3 heterocycles. The van der Waals surface area contributed by atoms with Crippen molar-refractivity contribution in [2.75, 3.05) is 26.2 Å². The predicted octanol–water partition coefficient (Wildman–Crippen LogP) is 3.42. The molecule has 6 nitrogen and oxygen atoms in total. The lowest BCUT2D eigenvalue weighted by atomic mass is 9.72. The van der Waals surface area contributed by atoms with Crippen LogP contribution < -0.4 is 0 Å². The lowest BCUT2D eigenvalue weighted by molar-refractivity contribution is -0.147. The van der Waals surface area contributed by atoms with Crippen molar-refractivity contribution >= 4 is 11.8 Å². The maximum absolute atomic E-state index is 14.5. The number of nitrogens with zero attached hydrogens (tertiary/aromatic N) is 4. The minimum atomic E-state index is -0.702. The van der Waals surface area contributed by atoms with Crippen LogP contribution in [0.15, 0.2) is 30.3 Å². The first-order valence-corrected chi connectivity index (χ1v) is 11.4.